The van der Waals surface area contributed by atoms with E-state index in [1.165, 1.54) is 18.2 Å². The van der Waals surface area contributed by atoms with Gasteiger partial charge in [-0.05, 0) is 24.3 Å². The maximum atomic E-state index is 12.4. The minimum Gasteiger partial charge on any atom is -0.337 e. The van der Waals surface area contributed by atoms with Gasteiger partial charge in [0.05, 0.1) is 17.0 Å². The van der Waals surface area contributed by atoms with Gasteiger partial charge in [-0.15, -0.1) is 0 Å². The lowest BCUT2D eigenvalue weighted by Gasteiger charge is -2.33. The summed E-state index contributed by atoms with van der Waals surface area (Å²) in [7, 11) is 0. The van der Waals surface area contributed by atoms with Crippen molar-refractivity contribution < 1.29 is 14.5 Å². The van der Waals surface area contributed by atoms with Crippen molar-refractivity contribution in [3.05, 3.63) is 76.4 Å². The predicted molar refractivity (Wildman–Crippen MR) is 110 cm³/mol. The average molecular weight is 394 g/mol. The van der Waals surface area contributed by atoms with Crippen LogP contribution < -0.4 is 5.32 Å². The number of nitro groups is 1. The van der Waals surface area contributed by atoms with E-state index >= 15 is 0 Å². The molecule has 3 rings (SSSR count). The zero-order chi connectivity index (χ0) is 20.6. The summed E-state index contributed by atoms with van der Waals surface area (Å²) in [5, 5.41) is 13.9. The van der Waals surface area contributed by atoms with Crippen LogP contribution in [0.3, 0.4) is 0 Å². The molecule has 1 aliphatic rings. The topological polar surface area (TPSA) is 95.8 Å². The predicted octanol–water partition coefficient (Wildman–Crippen LogP) is 2.39. The molecule has 29 heavy (non-hydrogen) atoms. The minimum atomic E-state index is -0.469. The normalized spacial score (nSPS) is 14.7. The average Bonchev–Trinajstić information content (AvgIpc) is 2.73. The van der Waals surface area contributed by atoms with Crippen LogP contribution in [0.1, 0.15) is 5.56 Å². The Kier molecular flexibility index (Phi) is 6.70. The molecule has 2 aromatic carbocycles. The van der Waals surface area contributed by atoms with Crippen LogP contribution in [0.15, 0.2) is 60.7 Å². The molecule has 1 fully saturated rings. The summed E-state index contributed by atoms with van der Waals surface area (Å²) >= 11 is 0. The standard InChI is InChI=1S/C21H22N4O4/c26-20(22-18-7-2-1-3-8-18)16-23-12-14-24(15-13-23)21(27)11-10-17-6-4-5-9-19(17)25(28)29/h1-11H,12-16H2,(H,22,26)/b11-10+. The van der Waals surface area contributed by atoms with Gasteiger partial charge in [0.25, 0.3) is 5.69 Å². The number of carbonyl (C=O) groups excluding carboxylic acids is 2. The second-order valence-electron chi connectivity index (χ2n) is 6.66. The molecule has 0 saturated carbocycles. The van der Waals surface area contributed by atoms with Gasteiger partial charge in [0.1, 0.15) is 0 Å². The van der Waals surface area contributed by atoms with E-state index in [2.05, 4.69) is 5.32 Å². The first-order valence-corrected chi connectivity index (χ1v) is 9.30. The summed E-state index contributed by atoms with van der Waals surface area (Å²) in [5.41, 5.74) is 1.11. The summed E-state index contributed by atoms with van der Waals surface area (Å²) in [5.74, 6) is -0.288. The molecule has 2 amide bonds. The molecule has 150 valence electrons. The highest BCUT2D eigenvalue weighted by molar-refractivity contribution is 5.93. The van der Waals surface area contributed by atoms with E-state index in [0.717, 1.165) is 5.69 Å². The molecule has 1 aliphatic heterocycles. The van der Waals surface area contributed by atoms with Gasteiger partial charge in [0.15, 0.2) is 0 Å². The van der Waals surface area contributed by atoms with Crippen LogP contribution in [0.4, 0.5) is 11.4 Å². The van der Waals surface area contributed by atoms with Crippen LogP contribution in [0.5, 0.6) is 0 Å². The number of benzene rings is 2. The van der Waals surface area contributed by atoms with E-state index in [-0.39, 0.29) is 24.0 Å². The fourth-order valence-electron chi connectivity index (χ4n) is 3.11. The van der Waals surface area contributed by atoms with Gasteiger partial charge in [-0.1, -0.05) is 30.3 Å². The first-order chi connectivity index (χ1) is 14.0. The number of nitrogens with zero attached hydrogens (tertiary/aromatic N) is 3. The van der Waals surface area contributed by atoms with E-state index in [0.29, 0.717) is 31.7 Å². The van der Waals surface area contributed by atoms with Crippen LogP contribution in [-0.2, 0) is 9.59 Å². The monoisotopic (exact) mass is 394 g/mol. The fraction of sp³-hybridized carbons (Fsp3) is 0.238. The number of nitro benzene ring substituents is 1. The maximum Gasteiger partial charge on any atom is 0.276 e. The Balaban J connectivity index is 1.48. The molecule has 0 bridgehead atoms. The van der Waals surface area contributed by atoms with Crippen molar-refractivity contribution in [1.82, 2.24) is 9.80 Å². The Bertz CT molecular complexity index is 906. The third-order valence-corrected chi connectivity index (χ3v) is 4.65. The summed E-state index contributed by atoms with van der Waals surface area (Å²) in [6.07, 6.45) is 2.83. The van der Waals surface area contributed by atoms with Gasteiger partial charge in [0, 0.05) is 44.0 Å². The largest absolute Gasteiger partial charge is 0.337 e. The Morgan fingerprint density at radius 3 is 2.34 bits per heavy atom. The SMILES string of the molecule is O=C(CN1CCN(C(=O)/C=C/c2ccccc2[N+](=O)[O-])CC1)Nc1ccccc1. The number of nitrogens with one attached hydrogen (secondary N) is 1. The van der Waals surface area contributed by atoms with Crippen LogP contribution in [-0.4, -0.2) is 59.3 Å². The highest BCUT2D eigenvalue weighted by atomic mass is 16.6. The first kappa shape index (κ1) is 20.2. The zero-order valence-corrected chi connectivity index (χ0v) is 15.9. The Labute approximate surface area is 168 Å². The van der Waals surface area contributed by atoms with Crippen LogP contribution >= 0.6 is 0 Å². The van der Waals surface area contributed by atoms with Crippen molar-refractivity contribution in [3.63, 3.8) is 0 Å². The number of hydrogen-bond acceptors (Lipinski definition) is 5. The van der Waals surface area contributed by atoms with Crippen molar-refractivity contribution in [2.75, 3.05) is 38.0 Å². The van der Waals surface area contributed by atoms with Gasteiger partial charge >= 0.3 is 0 Å². The van der Waals surface area contributed by atoms with Crippen molar-refractivity contribution >= 4 is 29.3 Å². The van der Waals surface area contributed by atoms with Crippen molar-refractivity contribution in [1.29, 1.82) is 0 Å². The molecule has 1 N–H and O–H groups in total. The smallest absolute Gasteiger partial charge is 0.276 e. The molecule has 2 aromatic rings. The molecule has 0 aliphatic carbocycles. The third kappa shape index (κ3) is 5.73. The van der Waals surface area contributed by atoms with E-state index in [9.17, 15) is 19.7 Å². The fourth-order valence-corrected chi connectivity index (χ4v) is 3.11. The molecule has 1 heterocycles. The van der Waals surface area contributed by atoms with E-state index in [1.54, 1.807) is 23.1 Å². The lowest BCUT2D eigenvalue weighted by atomic mass is 10.1. The summed E-state index contributed by atoms with van der Waals surface area (Å²) in [4.78, 5) is 38.8. The quantitative estimate of drug-likeness (QED) is 0.461. The van der Waals surface area contributed by atoms with E-state index < -0.39 is 4.92 Å². The van der Waals surface area contributed by atoms with Gasteiger partial charge < -0.3 is 10.2 Å². The number of amides is 2. The van der Waals surface area contributed by atoms with Crippen molar-refractivity contribution in [2.24, 2.45) is 0 Å². The highest BCUT2D eigenvalue weighted by Gasteiger charge is 2.21. The number of anilines is 1. The number of hydrogen-bond donors (Lipinski definition) is 1. The summed E-state index contributed by atoms with van der Waals surface area (Å²) in [6, 6.07) is 15.6. The number of para-hydroxylation sites is 2. The maximum absolute atomic E-state index is 12.4. The number of rotatable bonds is 6. The Hall–Kier alpha value is -3.52. The second-order valence-corrected chi connectivity index (χ2v) is 6.66. The van der Waals surface area contributed by atoms with Crippen LogP contribution in [0.2, 0.25) is 0 Å². The molecule has 0 spiro atoms. The lowest BCUT2D eigenvalue weighted by molar-refractivity contribution is -0.385. The molecule has 0 radical (unpaired) electrons. The van der Waals surface area contributed by atoms with Crippen LogP contribution in [0.25, 0.3) is 6.08 Å². The number of carbonyl (C=O) groups is 2. The van der Waals surface area contributed by atoms with Gasteiger partial charge in [0.2, 0.25) is 11.8 Å². The Morgan fingerprint density at radius 1 is 1.00 bits per heavy atom. The molecule has 8 nitrogen and oxygen atoms in total. The highest BCUT2D eigenvalue weighted by Crippen LogP contribution is 2.19. The van der Waals surface area contributed by atoms with Gasteiger partial charge in [-0.3, -0.25) is 24.6 Å². The molecule has 0 atom stereocenters. The zero-order valence-electron chi connectivity index (χ0n) is 15.9. The number of piperazine rings is 1. The first-order valence-electron chi connectivity index (χ1n) is 9.30. The third-order valence-electron chi connectivity index (χ3n) is 4.65. The van der Waals surface area contributed by atoms with Crippen molar-refractivity contribution in [2.45, 2.75) is 0 Å². The van der Waals surface area contributed by atoms with Gasteiger partial charge in [-0.25, -0.2) is 0 Å². The molecular formula is C21H22N4O4. The summed E-state index contributed by atoms with van der Waals surface area (Å²) < 4.78 is 0. The Morgan fingerprint density at radius 2 is 1.66 bits per heavy atom. The van der Waals surface area contributed by atoms with Crippen molar-refractivity contribution in [3.8, 4) is 0 Å². The lowest BCUT2D eigenvalue weighted by Crippen LogP contribution is -2.50. The van der Waals surface area contributed by atoms with E-state index in [1.807, 2.05) is 35.2 Å². The molecule has 1 saturated heterocycles. The molecule has 0 aromatic heterocycles. The molecule has 0 unspecified atom stereocenters. The van der Waals surface area contributed by atoms with E-state index in [4.69, 9.17) is 0 Å². The van der Waals surface area contributed by atoms with Gasteiger partial charge in [-0.2, -0.15) is 0 Å². The molecule has 8 heteroatoms. The minimum absolute atomic E-state index is 0.0363. The second kappa shape index (κ2) is 9.61. The molecular weight excluding hydrogens is 372 g/mol. The summed E-state index contributed by atoms with van der Waals surface area (Å²) in [6.45, 7) is 2.45. The van der Waals surface area contributed by atoms with Crippen LogP contribution in [0, 0.1) is 10.1 Å².